The molecule has 0 bridgehead atoms. The summed E-state index contributed by atoms with van der Waals surface area (Å²) in [6.07, 6.45) is 3.73. The minimum absolute atomic E-state index is 0.281. The normalized spacial score (nSPS) is 21.5. The lowest BCUT2D eigenvalue weighted by Gasteiger charge is -2.30. The van der Waals surface area contributed by atoms with Crippen LogP contribution in [-0.2, 0) is 9.47 Å². The molecular formula is C17H25NO2. The molecule has 0 spiro atoms. The van der Waals surface area contributed by atoms with Crippen LogP contribution in [0, 0.1) is 0 Å². The second-order valence-electron chi connectivity index (χ2n) is 6.47. The lowest BCUT2D eigenvalue weighted by Crippen LogP contribution is -2.41. The van der Waals surface area contributed by atoms with Crippen LogP contribution in [-0.4, -0.2) is 31.6 Å². The number of anilines is 1. The monoisotopic (exact) mass is 275 g/mol. The fraction of sp³-hybridized carbons (Fsp3) is 0.529. The van der Waals surface area contributed by atoms with Crippen LogP contribution in [0.2, 0.25) is 0 Å². The summed E-state index contributed by atoms with van der Waals surface area (Å²) in [5, 5.41) is 0. The molecule has 1 aliphatic rings. The highest BCUT2D eigenvalue weighted by Crippen LogP contribution is 2.38. The molecule has 3 nitrogen and oxygen atoms in total. The third kappa shape index (κ3) is 3.05. The zero-order valence-corrected chi connectivity index (χ0v) is 13.3. The van der Waals surface area contributed by atoms with E-state index in [4.69, 9.17) is 9.47 Å². The molecule has 1 fully saturated rings. The molecule has 1 aromatic rings. The van der Waals surface area contributed by atoms with E-state index in [9.17, 15) is 0 Å². The van der Waals surface area contributed by atoms with E-state index in [2.05, 4.69) is 56.9 Å². The molecule has 0 atom stereocenters. The van der Waals surface area contributed by atoms with E-state index in [1.165, 1.54) is 5.69 Å². The van der Waals surface area contributed by atoms with Crippen molar-refractivity contribution in [1.82, 2.24) is 0 Å². The van der Waals surface area contributed by atoms with Gasteiger partial charge in [-0.15, -0.1) is 0 Å². The Kier molecular flexibility index (Phi) is 3.94. The first-order valence-electron chi connectivity index (χ1n) is 7.02. The van der Waals surface area contributed by atoms with Crippen LogP contribution in [0.4, 0.5) is 5.69 Å². The fourth-order valence-electron chi connectivity index (χ4n) is 2.04. The Labute approximate surface area is 122 Å². The molecule has 0 saturated carbocycles. The van der Waals surface area contributed by atoms with E-state index in [0.717, 1.165) is 5.56 Å². The second-order valence-corrected chi connectivity index (χ2v) is 6.47. The van der Waals surface area contributed by atoms with Gasteiger partial charge in [0.1, 0.15) is 0 Å². The van der Waals surface area contributed by atoms with Crippen molar-refractivity contribution in [2.75, 3.05) is 19.0 Å². The average molecular weight is 275 g/mol. The van der Waals surface area contributed by atoms with Crippen molar-refractivity contribution in [3.63, 3.8) is 0 Å². The molecule has 0 N–H and O–H groups in total. The van der Waals surface area contributed by atoms with Crippen LogP contribution in [0.3, 0.4) is 0 Å². The number of benzene rings is 1. The Morgan fingerprint density at radius 2 is 1.45 bits per heavy atom. The standard InChI is InChI=1S/C17H25NO2/c1-16(2)17(3,4)20-15(19-16)12-9-13-7-10-14(11-8-13)18(5)6/h7-12,15H,1-6H3/b12-9+. The predicted molar refractivity (Wildman–Crippen MR) is 83.9 cm³/mol. The number of rotatable bonds is 3. The van der Waals surface area contributed by atoms with E-state index in [1.807, 2.05) is 26.2 Å². The van der Waals surface area contributed by atoms with Gasteiger partial charge < -0.3 is 14.4 Å². The summed E-state index contributed by atoms with van der Waals surface area (Å²) in [5.41, 5.74) is 1.77. The first-order valence-corrected chi connectivity index (χ1v) is 7.02. The van der Waals surface area contributed by atoms with Gasteiger partial charge in [0, 0.05) is 19.8 Å². The zero-order valence-electron chi connectivity index (χ0n) is 13.3. The molecule has 0 aliphatic carbocycles. The summed E-state index contributed by atoms with van der Waals surface area (Å²) >= 11 is 0. The third-order valence-corrected chi connectivity index (χ3v) is 4.13. The van der Waals surface area contributed by atoms with Crippen molar-refractivity contribution in [3.05, 3.63) is 35.9 Å². The van der Waals surface area contributed by atoms with Gasteiger partial charge in [-0.25, -0.2) is 0 Å². The van der Waals surface area contributed by atoms with Crippen molar-refractivity contribution in [2.24, 2.45) is 0 Å². The highest BCUT2D eigenvalue weighted by atomic mass is 16.7. The second kappa shape index (κ2) is 5.23. The zero-order chi connectivity index (χ0) is 15.0. The largest absolute Gasteiger partial charge is 0.378 e. The number of nitrogens with zero attached hydrogens (tertiary/aromatic N) is 1. The predicted octanol–water partition coefficient (Wildman–Crippen LogP) is 3.70. The van der Waals surface area contributed by atoms with Gasteiger partial charge in [0.15, 0.2) is 6.29 Å². The summed E-state index contributed by atoms with van der Waals surface area (Å²) in [4.78, 5) is 2.09. The van der Waals surface area contributed by atoms with Crippen molar-refractivity contribution < 1.29 is 9.47 Å². The molecule has 1 aliphatic heterocycles. The maximum absolute atomic E-state index is 5.93. The van der Waals surface area contributed by atoms with E-state index in [1.54, 1.807) is 0 Å². The first-order chi connectivity index (χ1) is 9.21. The molecule has 1 aromatic carbocycles. The molecule has 1 saturated heterocycles. The van der Waals surface area contributed by atoms with Gasteiger partial charge >= 0.3 is 0 Å². The van der Waals surface area contributed by atoms with Gasteiger partial charge in [0.05, 0.1) is 11.2 Å². The lowest BCUT2D eigenvalue weighted by atomic mass is 9.90. The highest BCUT2D eigenvalue weighted by Gasteiger charge is 2.48. The average Bonchev–Trinajstić information content (AvgIpc) is 2.56. The highest BCUT2D eigenvalue weighted by molar-refractivity contribution is 5.55. The molecule has 0 amide bonds. The van der Waals surface area contributed by atoms with E-state index < -0.39 is 0 Å². The quantitative estimate of drug-likeness (QED) is 0.839. The summed E-state index contributed by atoms with van der Waals surface area (Å²) in [7, 11) is 4.07. The van der Waals surface area contributed by atoms with E-state index >= 15 is 0 Å². The van der Waals surface area contributed by atoms with Gasteiger partial charge in [-0.05, 0) is 51.5 Å². The number of hydrogen-bond donors (Lipinski definition) is 0. The molecule has 3 heteroatoms. The molecule has 0 radical (unpaired) electrons. The topological polar surface area (TPSA) is 21.7 Å². The van der Waals surface area contributed by atoms with E-state index in [0.29, 0.717) is 0 Å². The Balaban J connectivity index is 2.04. The minimum atomic E-state index is -0.284. The van der Waals surface area contributed by atoms with Crippen molar-refractivity contribution >= 4 is 11.8 Å². The molecule has 0 aromatic heterocycles. The Bertz CT molecular complexity index is 470. The van der Waals surface area contributed by atoms with E-state index in [-0.39, 0.29) is 17.5 Å². The van der Waals surface area contributed by atoms with Crippen molar-refractivity contribution in [1.29, 1.82) is 0 Å². The Morgan fingerprint density at radius 1 is 0.950 bits per heavy atom. The molecule has 20 heavy (non-hydrogen) atoms. The first kappa shape index (κ1) is 15.1. The SMILES string of the molecule is CN(C)c1ccc(/C=C/C2OC(C)(C)C(C)(C)O2)cc1. The molecule has 110 valence electrons. The van der Waals surface area contributed by atoms with Gasteiger partial charge in [-0.2, -0.15) is 0 Å². The van der Waals surface area contributed by atoms with Crippen LogP contribution < -0.4 is 4.90 Å². The summed E-state index contributed by atoms with van der Waals surface area (Å²) in [6.45, 7) is 8.25. The third-order valence-electron chi connectivity index (χ3n) is 4.13. The lowest BCUT2D eigenvalue weighted by molar-refractivity contribution is -0.0499. The molecule has 2 rings (SSSR count). The molecular weight excluding hydrogens is 250 g/mol. The number of hydrogen-bond acceptors (Lipinski definition) is 3. The van der Waals surface area contributed by atoms with Crippen LogP contribution >= 0.6 is 0 Å². The molecule has 0 unspecified atom stereocenters. The van der Waals surface area contributed by atoms with Crippen LogP contribution in [0.25, 0.3) is 6.08 Å². The van der Waals surface area contributed by atoms with Crippen molar-refractivity contribution in [2.45, 2.75) is 45.2 Å². The van der Waals surface area contributed by atoms with Crippen molar-refractivity contribution in [3.8, 4) is 0 Å². The van der Waals surface area contributed by atoms with Crippen LogP contribution in [0.5, 0.6) is 0 Å². The summed E-state index contributed by atoms with van der Waals surface area (Å²) in [6, 6.07) is 8.39. The van der Waals surface area contributed by atoms with Crippen LogP contribution in [0.1, 0.15) is 33.3 Å². The summed E-state index contributed by atoms with van der Waals surface area (Å²) in [5.74, 6) is 0. The fourth-order valence-corrected chi connectivity index (χ4v) is 2.04. The Hall–Kier alpha value is -1.32. The van der Waals surface area contributed by atoms with Gasteiger partial charge in [0.2, 0.25) is 0 Å². The van der Waals surface area contributed by atoms with Gasteiger partial charge in [-0.3, -0.25) is 0 Å². The Morgan fingerprint density at radius 3 is 1.90 bits per heavy atom. The molecule has 1 heterocycles. The van der Waals surface area contributed by atoms with Crippen LogP contribution in [0.15, 0.2) is 30.3 Å². The minimum Gasteiger partial charge on any atom is -0.378 e. The summed E-state index contributed by atoms with van der Waals surface area (Å²) < 4.78 is 11.9. The maximum Gasteiger partial charge on any atom is 0.178 e. The smallest absolute Gasteiger partial charge is 0.178 e. The maximum atomic E-state index is 5.93. The number of ether oxygens (including phenoxy) is 2. The van der Waals surface area contributed by atoms with Gasteiger partial charge in [0.25, 0.3) is 0 Å². The van der Waals surface area contributed by atoms with Gasteiger partial charge in [-0.1, -0.05) is 18.2 Å².